The highest BCUT2D eigenvalue weighted by molar-refractivity contribution is 7.86. The first-order chi connectivity index (χ1) is 15.9. The van der Waals surface area contributed by atoms with Gasteiger partial charge in [-0.15, -0.1) is 0 Å². The van der Waals surface area contributed by atoms with Crippen LogP contribution in [0.4, 0.5) is 0 Å². The van der Waals surface area contributed by atoms with E-state index in [0.29, 0.717) is 5.92 Å². The molecule has 1 atom stereocenters. The van der Waals surface area contributed by atoms with Crippen LogP contribution in [0.3, 0.4) is 0 Å². The van der Waals surface area contributed by atoms with E-state index >= 15 is 0 Å². The van der Waals surface area contributed by atoms with Crippen molar-refractivity contribution >= 4 is 31.0 Å². The largest absolute Gasteiger partial charge is 0.302 e. The molecule has 2 N–H and O–H groups in total. The van der Waals surface area contributed by atoms with Crippen molar-refractivity contribution in [2.24, 2.45) is 0 Å². The second-order valence-corrected chi connectivity index (χ2v) is 11.4. The molecule has 3 aromatic carbocycles. The van der Waals surface area contributed by atoms with E-state index in [0.717, 1.165) is 18.7 Å². The van der Waals surface area contributed by atoms with Gasteiger partial charge in [0.2, 0.25) is 0 Å². The number of fused-ring (bicyclic) bond motifs is 1. The summed E-state index contributed by atoms with van der Waals surface area (Å²) in [5, 5.41) is 0.0465. The van der Waals surface area contributed by atoms with E-state index in [4.69, 9.17) is 9.11 Å². The summed E-state index contributed by atoms with van der Waals surface area (Å²) in [5.74, 6) is 0.641. The molecular formula is C25H29NO6S2. The van der Waals surface area contributed by atoms with Gasteiger partial charge >= 0.3 is 0 Å². The Balaban J connectivity index is 0.000000192. The van der Waals surface area contributed by atoms with Crippen molar-refractivity contribution in [1.29, 1.82) is 0 Å². The Morgan fingerprint density at radius 1 is 0.794 bits per heavy atom. The molecule has 0 amide bonds. The summed E-state index contributed by atoms with van der Waals surface area (Å²) in [7, 11) is -6.72. The number of hydrogen-bond acceptors (Lipinski definition) is 5. The summed E-state index contributed by atoms with van der Waals surface area (Å²) in [6.07, 6.45) is 1.25. The van der Waals surface area contributed by atoms with Crippen molar-refractivity contribution in [3.63, 3.8) is 0 Å². The number of likely N-dealkylation sites (tertiary alicyclic amines) is 1. The van der Waals surface area contributed by atoms with Crippen LogP contribution in [-0.4, -0.2) is 51.0 Å². The molecule has 0 aliphatic carbocycles. The van der Waals surface area contributed by atoms with E-state index < -0.39 is 30.0 Å². The standard InChI is InChI=1S/C15H21N.C10H8O6S2/c1-12(2)15-11-16(3)10-9-14(15)13-7-5-4-6-8-13;11-17(12,13)9-5-1-3-7-8(9)4-2-6-10(7)18(14,15)16/h4-8,14H,9-11H2,1-3H3;1-6H,(H,11,12,13)(H,14,15,16). The number of nitrogens with zero attached hydrogens (tertiary/aromatic N) is 1. The van der Waals surface area contributed by atoms with Gasteiger partial charge in [-0.1, -0.05) is 65.7 Å². The van der Waals surface area contributed by atoms with Gasteiger partial charge in [0, 0.05) is 23.2 Å². The minimum absolute atomic E-state index is 0.0233. The first kappa shape index (κ1) is 26.1. The Bertz CT molecular complexity index is 1340. The molecular weight excluding hydrogens is 474 g/mol. The number of piperidine rings is 1. The van der Waals surface area contributed by atoms with E-state index in [2.05, 4.69) is 56.1 Å². The monoisotopic (exact) mass is 503 g/mol. The van der Waals surface area contributed by atoms with Crippen LogP contribution in [0.5, 0.6) is 0 Å². The lowest BCUT2D eigenvalue weighted by atomic mass is 9.83. The zero-order valence-corrected chi connectivity index (χ0v) is 21.0. The van der Waals surface area contributed by atoms with Gasteiger partial charge in [-0.05, 0) is 51.6 Å². The Morgan fingerprint density at radius 2 is 1.29 bits per heavy atom. The fourth-order valence-corrected chi connectivity index (χ4v) is 5.68. The van der Waals surface area contributed by atoms with Crippen molar-refractivity contribution < 1.29 is 25.9 Å². The van der Waals surface area contributed by atoms with Crippen LogP contribution in [0.15, 0.2) is 87.7 Å². The maximum atomic E-state index is 11.2. The van der Waals surface area contributed by atoms with Gasteiger partial charge in [-0.2, -0.15) is 16.8 Å². The lowest BCUT2D eigenvalue weighted by Gasteiger charge is -2.33. The van der Waals surface area contributed by atoms with Crippen molar-refractivity contribution in [3.05, 3.63) is 83.4 Å². The average molecular weight is 504 g/mol. The highest BCUT2D eigenvalue weighted by atomic mass is 32.2. The molecule has 1 aliphatic rings. The number of rotatable bonds is 3. The third-order valence-corrected chi connectivity index (χ3v) is 7.73. The zero-order valence-electron chi connectivity index (χ0n) is 19.3. The number of allylic oxidation sites excluding steroid dienone is 1. The minimum atomic E-state index is -4.47. The molecule has 34 heavy (non-hydrogen) atoms. The first-order valence-corrected chi connectivity index (χ1v) is 13.6. The van der Waals surface area contributed by atoms with E-state index in [1.807, 2.05) is 0 Å². The summed E-state index contributed by atoms with van der Waals surface area (Å²) in [6.45, 7) is 6.81. The molecule has 3 aromatic rings. The predicted octanol–water partition coefficient (Wildman–Crippen LogP) is 4.78. The van der Waals surface area contributed by atoms with Gasteiger partial charge in [0.1, 0.15) is 9.79 Å². The lowest BCUT2D eigenvalue weighted by Crippen LogP contribution is -2.32. The first-order valence-electron chi connectivity index (χ1n) is 10.8. The van der Waals surface area contributed by atoms with Crippen LogP contribution in [-0.2, 0) is 20.2 Å². The smallest absolute Gasteiger partial charge is 0.295 e. The van der Waals surface area contributed by atoms with Crippen LogP contribution in [0.25, 0.3) is 10.8 Å². The molecule has 0 spiro atoms. The van der Waals surface area contributed by atoms with Gasteiger partial charge in [-0.25, -0.2) is 0 Å². The van der Waals surface area contributed by atoms with Crippen LogP contribution >= 0.6 is 0 Å². The van der Waals surface area contributed by atoms with Gasteiger partial charge in [0.25, 0.3) is 20.2 Å². The zero-order chi connectivity index (χ0) is 25.1. The molecule has 1 saturated heterocycles. The van der Waals surface area contributed by atoms with E-state index in [1.165, 1.54) is 48.4 Å². The number of benzene rings is 3. The fraction of sp³-hybridized carbons (Fsp3) is 0.280. The summed E-state index contributed by atoms with van der Waals surface area (Å²) >= 11 is 0. The summed E-state index contributed by atoms with van der Waals surface area (Å²) in [5.41, 5.74) is 4.58. The van der Waals surface area contributed by atoms with Gasteiger partial charge in [0.05, 0.1) is 0 Å². The molecule has 0 aromatic heterocycles. The summed E-state index contributed by atoms with van der Waals surface area (Å²) in [4.78, 5) is 1.60. The van der Waals surface area contributed by atoms with Crippen molar-refractivity contribution in [1.82, 2.24) is 4.90 Å². The molecule has 7 nitrogen and oxygen atoms in total. The second kappa shape index (κ2) is 10.4. The third-order valence-electron chi connectivity index (χ3n) is 5.90. The number of hydrogen-bond donors (Lipinski definition) is 2. The van der Waals surface area contributed by atoms with E-state index in [9.17, 15) is 16.8 Å². The molecule has 9 heteroatoms. The molecule has 182 valence electrons. The van der Waals surface area contributed by atoms with E-state index in [1.54, 1.807) is 5.57 Å². The SMILES string of the molecule is CC(C)=C1CN(C)CCC1c1ccccc1.O=S(=O)(O)c1cccc2c(S(=O)(=O)O)cccc12. The molecule has 1 aliphatic heterocycles. The Morgan fingerprint density at radius 3 is 1.74 bits per heavy atom. The normalized spacial score (nSPS) is 17.2. The van der Waals surface area contributed by atoms with Gasteiger partial charge < -0.3 is 4.90 Å². The molecule has 1 fully saturated rings. The molecule has 0 bridgehead atoms. The molecule has 0 saturated carbocycles. The topological polar surface area (TPSA) is 112 Å². The quantitative estimate of drug-likeness (QED) is 0.391. The molecule has 4 rings (SSSR count). The average Bonchev–Trinajstić information content (AvgIpc) is 2.78. The fourth-order valence-electron chi connectivity index (χ4n) is 4.27. The highest BCUT2D eigenvalue weighted by Gasteiger charge is 2.24. The lowest BCUT2D eigenvalue weighted by molar-refractivity contribution is 0.304. The Labute approximate surface area is 201 Å². The highest BCUT2D eigenvalue weighted by Crippen LogP contribution is 2.33. The van der Waals surface area contributed by atoms with Crippen LogP contribution in [0.2, 0.25) is 0 Å². The second-order valence-electron chi connectivity index (χ2n) is 8.57. The van der Waals surface area contributed by atoms with Crippen LogP contribution < -0.4 is 0 Å². The summed E-state index contributed by atoms with van der Waals surface area (Å²) < 4.78 is 62.7. The van der Waals surface area contributed by atoms with Crippen molar-refractivity contribution in [2.45, 2.75) is 36.0 Å². The van der Waals surface area contributed by atoms with Gasteiger partial charge in [0.15, 0.2) is 0 Å². The molecule has 0 radical (unpaired) electrons. The maximum absolute atomic E-state index is 11.2. The Hall–Kier alpha value is -2.56. The van der Waals surface area contributed by atoms with Gasteiger partial charge in [-0.3, -0.25) is 9.11 Å². The Kier molecular flexibility index (Phi) is 7.95. The van der Waals surface area contributed by atoms with Crippen LogP contribution in [0, 0.1) is 0 Å². The number of likely N-dealkylation sites (N-methyl/N-ethyl adjacent to an activating group) is 1. The minimum Gasteiger partial charge on any atom is -0.302 e. The third kappa shape index (κ3) is 6.11. The van der Waals surface area contributed by atoms with Crippen LogP contribution in [0.1, 0.15) is 31.7 Å². The molecule has 1 heterocycles. The summed E-state index contributed by atoms with van der Waals surface area (Å²) in [6, 6.07) is 18.4. The maximum Gasteiger partial charge on any atom is 0.295 e. The predicted molar refractivity (Wildman–Crippen MR) is 133 cm³/mol. The molecule has 1 unspecified atom stereocenters. The van der Waals surface area contributed by atoms with Crippen molar-refractivity contribution in [3.8, 4) is 0 Å². The van der Waals surface area contributed by atoms with E-state index in [-0.39, 0.29) is 10.8 Å². The van der Waals surface area contributed by atoms with Crippen molar-refractivity contribution in [2.75, 3.05) is 20.1 Å².